The van der Waals surface area contributed by atoms with Gasteiger partial charge in [0, 0.05) is 13.7 Å². The number of nitrogens with one attached hydrogen (secondary N) is 2. The summed E-state index contributed by atoms with van der Waals surface area (Å²) in [6.07, 6.45) is 3.12. The van der Waals surface area contributed by atoms with E-state index >= 15 is 0 Å². The van der Waals surface area contributed by atoms with Crippen LogP contribution < -0.4 is 10.0 Å². The van der Waals surface area contributed by atoms with Crippen LogP contribution in [0.1, 0.15) is 38.5 Å². The number of rotatable bonds is 10. The molecule has 1 rings (SSSR count). The summed E-state index contributed by atoms with van der Waals surface area (Å²) in [5.41, 5.74) is -0.746. The van der Waals surface area contributed by atoms with Crippen LogP contribution in [0.3, 0.4) is 0 Å². The van der Waals surface area contributed by atoms with Crippen molar-refractivity contribution in [1.82, 2.24) is 10.0 Å². The zero-order valence-corrected chi connectivity index (χ0v) is 13.6. The summed E-state index contributed by atoms with van der Waals surface area (Å²) in [4.78, 5) is 22.8. The molecule has 22 heavy (non-hydrogen) atoms. The predicted molar refractivity (Wildman–Crippen MR) is 79.9 cm³/mol. The van der Waals surface area contributed by atoms with Crippen molar-refractivity contribution in [1.29, 1.82) is 0 Å². The van der Waals surface area contributed by atoms with E-state index in [0.29, 0.717) is 25.9 Å². The van der Waals surface area contributed by atoms with Gasteiger partial charge in [-0.05, 0) is 19.3 Å². The normalized spacial score (nSPS) is 17.3. The van der Waals surface area contributed by atoms with Gasteiger partial charge in [-0.1, -0.05) is 12.8 Å². The van der Waals surface area contributed by atoms with Crippen molar-refractivity contribution in [2.45, 2.75) is 44.1 Å². The smallest absolute Gasteiger partial charge is 0.305 e. The molecule has 0 aromatic carbocycles. The number of carbonyl (C=O) groups is 2. The number of ether oxygens (including phenoxy) is 1. The zero-order valence-electron chi connectivity index (χ0n) is 12.8. The van der Waals surface area contributed by atoms with Gasteiger partial charge < -0.3 is 15.2 Å². The Morgan fingerprint density at radius 1 is 1.27 bits per heavy atom. The summed E-state index contributed by atoms with van der Waals surface area (Å²) in [6.45, 7) is -0.0501. The van der Waals surface area contributed by atoms with Crippen molar-refractivity contribution in [2.24, 2.45) is 0 Å². The monoisotopic (exact) mass is 336 g/mol. The van der Waals surface area contributed by atoms with E-state index in [0.717, 1.165) is 12.8 Å². The van der Waals surface area contributed by atoms with Crippen LogP contribution in [0.5, 0.6) is 0 Å². The Morgan fingerprint density at radius 3 is 2.45 bits per heavy atom. The highest BCUT2D eigenvalue weighted by atomic mass is 32.2. The lowest BCUT2D eigenvalue weighted by atomic mass is 9.93. The molecule has 0 aromatic heterocycles. The molecule has 1 aliphatic carbocycles. The van der Waals surface area contributed by atoms with E-state index in [-0.39, 0.29) is 18.7 Å². The number of hydrogen-bond donors (Lipinski definition) is 3. The summed E-state index contributed by atoms with van der Waals surface area (Å²) < 4.78 is 30.3. The number of methoxy groups -OCH3 is 1. The molecule has 0 atom stereocenters. The number of sulfonamides is 1. The van der Waals surface area contributed by atoms with Crippen molar-refractivity contribution >= 4 is 21.9 Å². The van der Waals surface area contributed by atoms with Gasteiger partial charge in [-0.2, -0.15) is 0 Å². The molecule has 0 spiro atoms. The first-order valence-electron chi connectivity index (χ1n) is 7.28. The summed E-state index contributed by atoms with van der Waals surface area (Å²) in [5, 5.41) is 11.6. The molecule has 0 bridgehead atoms. The van der Waals surface area contributed by atoms with Gasteiger partial charge in [-0.3, -0.25) is 9.59 Å². The second kappa shape index (κ2) is 8.44. The Labute approximate surface area is 130 Å². The Balaban J connectivity index is 2.46. The molecule has 3 N–H and O–H groups in total. The molecule has 0 saturated heterocycles. The second-order valence-electron chi connectivity index (χ2n) is 5.59. The van der Waals surface area contributed by atoms with Gasteiger partial charge in [0.25, 0.3) is 0 Å². The van der Waals surface area contributed by atoms with Crippen LogP contribution >= 0.6 is 0 Å². The lowest BCUT2D eigenvalue weighted by Crippen LogP contribution is -2.51. The highest BCUT2D eigenvalue weighted by Gasteiger charge is 2.37. The molecular weight excluding hydrogens is 312 g/mol. The maximum atomic E-state index is 11.9. The topological polar surface area (TPSA) is 122 Å². The lowest BCUT2D eigenvalue weighted by Gasteiger charge is -2.28. The first-order chi connectivity index (χ1) is 10.3. The molecule has 9 heteroatoms. The number of carbonyl (C=O) groups excluding carboxylic acids is 1. The third-order valence-electron chi connectivity index (χ3n) is 3.67. The maximum Gasteiger partial charge on any atom is 0.305 e. The van der Waals surface area contributed by atoms with Crippen molar-refractivity contribution in [3.05, 3.63) is 0 Å². The van der Waals surface area contributed by atoms with Crippen molar-refractivity contribution in [2.75, 3.05) is 26.0 Å². The molecule has 1 fully saturated rings. The highest BCUT2D eigenvalue weighted by molar-refractivity contribution is 7.89. The molecule has 0 radical (unpaired) electrons. The van der Waals surface area contributed by atoms with Gasteiger partial charge in [0.15, 0.2) is 0 Å². The minimum atomic E-state index is -3.53. The number of carboxylic acids is 1. The fourth-order valence-electron chi connectivity index (χ4n) is 2.67. The SMILES string of the molecule is COCCCS(=O)(=O)NCC(=O)NC1(CC(=O)O)CCCC1. The minimum absolute atomic E-state index is 0.117. The molecule has 1 aliphatic rings. The average Bonchev–Trinajstić information content (AvgIpc) is 2.84. The predicted octanol–water partition coefficient (Wildman–Crippen LogP) is -0.154. The van der Waals surface area contributed by atoms with Crippen LogP contribution in [0, 0.1) is 0 Å². The number of hydrogen-bond acceptors (Lipinski definition) is 5. The van der Waals surface area contributed by atoms with Gasteiger partial charge in [0.1, 0.15) is 0 Å². The summed E-state index contributed by atoms with van der Waals surface area (Å²) in [5.74, 6) is -1.59. The van der Waals surface area contributed by atoms with Crippen LogP contribution in [-0.4, -0.2) is 57.0 Å². The number of amides is 1. The lowest BCUT2D eigenvalue weighted by molar-refractivity contribution is -0.139. The van der Waals surface area contributed by atoms with Crippen LogP contribution in [0.2, 0.25) is 0 Å². The fourth-order valence-corrected chi connectivity index (χ4v) is 3.66. The summed E-state index contributed by atoms with van der Waals surface area (Å²) >= 11 is 0. The molecule has 0 aromatic rings. The quantitative estimate of drug-likeness (QED) is 0.477. The Kier molecular flexibility index (Phi) is 7.24. The largest absolute Gasteiger partial charge is 0.481 e. The van der Waals surface area contributed by atoms with Gasteiger partial charge in [-0.25, -0.2) is 13.1 Å². The van der Waals surface area contributed by atoms with Crippen LogP contribution in [-0.2, 0) is 24.3 Å². The third-order valence-corrected chi connectivity index (χ3v) is 5.08. The van der Waals surface area contributed by atoms with Gasteiger partial charge in [0.05, 0.1) is 24.3 Å². The van der Waals surface area contributed by atoms with E-state index in [4.69, 9.17) is 9.84 Å². The standard InChI is InChI=1S/C13H24N2O6S/c1-21-7-4-8-22(19,20)14-10-11(16)15-13(9-12(17)18)5-2-3-6-13/h14H,2-10H2,1H3,(H,15,16)(H,17,18). The van der Waals surface area contributed by atoms with E-state index in [1.807, 2.05) is 0 Å². The van der Waals surface area contributed by atoms with Gasteiger partial charge in [-0.15, -0.1) is 0 Å². The number of aliphatic carboxylic acids is 1. The maximum absolute atomic E-state index is 11.9. The van der Waals surface area contributed by atoms with Crippen molar-refractivity contribution < 1.29 is 27.9 Å². The fraction of sp³-hybridized carbons (Fsp3) is 0.846. The minimum Gasteiger partial charge on any atom is -0.481 e. The Morgan fingerprint density at radius 2 is 1.91 bits per heavy atom. The van der Waals surface area contributed by atoms with Crippen molar-refractivity contribution in [3.8, 4) is 0 Å². The molecule has 128 valence electrons. The van der Waals surface area contributed by atoms with E-state index in [1.165, 1.54) is 7.11 Å². The van der Waals surface area contributed by atoms with Crippen LogP contribution in [0.25, 0.3) is 0 Å². The van der Waals surface area contributed by atoms with E-state index < -0.39 is 27.4 Å². The molecule has 0 unspecified atom stereocenters. The molecule has 0 aliphatic heterocycles. The summed E-state index contributed by atoms with van der Waals surface area (Å²) in [7, 11) is -2.05. The van der Waals surface area contributed by atoms with Gasteiger partial charge >= 0.3 is 5.97 Å². The summed E-state index contributed by atoms with van der Waals surface area (Å²) in [6, 6.07) is 0. The third kappa shape index (κ3) is 6.71. The molecule has 1 amide bonds. The second-order valence-corrected chi connectivity index (χ2v) is 7.52. The zero-order chi connectivity index (χ0) is 16.6. The first-order valence-corrected chi connectivity index (χ1v) is 8.93. The molecule has 1 saturated carbocycles. The van der Waals surface area contributed by atoms with Gasteiger partial charge in [0.2, 0.25) is 15.9 Å². The molecule has 0 heterocycles. The molecule has 8 nitrogen and oxygen atoms in total. The van der Waals surface area contributed by atoms with Crippen LogP contribution in [0.4, 0.5) is 0 Å². The van der Waals surface area contributed by atoms with E-state index in [9.17, 15) is 18.0 Å². The highest BCUT2D eigenvalue weighted by Crippen LogP contribution is 2.32. The Hall–Kier alpha value is -1.19. The van der Waals surface area contributed by atoms with Crippen LogP contribution in [0.15, 0.2) is 0 Å². The Bertz CT molecular complexity index is 485. The molecular formula is C13H24N2O6S. The average molecular weight is 336 g/mol. The van der Waals surface area contributed by atoms with E-state index in [1.54, 1.807) is 0 Å². The number of carboxylic acid groups (broad SMARTS) is 1. The van der Waals surface area contributed by atoms with Crippen molar-refractivity contribution in [3.63, 3.8) is 0 Å². The first kappa shape index (κ1) is 18.9. The van der Waals surface area contributed by atoms with E-state index in [2.05, 4.69) is 10.0 Å².